The van der Waals surface area contributed by atoms with Gasteiger partial charge in [0.1, 0.15) is 11.4 Å². The van der Waals surface area contributed by atoms with Crippen LogP contribution < -0.4 is 0 Å². The molecule has 3 aromatic carbocycles. The van der Waals surface area contributed by atoms with E-state index in [1.165, 1.54) is 18.1 Å². The third kappa shape index (κ3) is 6.56. The van der Waals surface area contributed by atoms with Gasteiger partial charge in [0.15, 0.2) is 5.72 Å². The van der Waals surface area contributed by atoms with E-state index >= 15 is 4.39 Å². The number of carbonyl (C=O) groups is 2. The zero-order valence-corrected chi connectivity index (χ0v) is 28.4. The summed E-state index contributed by atoms with van der Waals surface area (Å²) in [6.07, 6.45) is 1.50. The molecule has 3 aromatic rings. The van der Waals surface area contributed by atoms with Crippen LogP contribution in [0.4, 0.5) is 4.39 Å². The lowest BCUT2D eigenvalue weighted by atomic mass is 9.73. The second-order valence-corrected chi connectivity index (χ2v) is 14.0. The number of likely N-dealkylation sites (tertiary alicyclic amines) is 1. The van der Waals surface area contributed by atoms with Gasteiger partial charge in [-0.15, -0.1) is 0 Å². The Labute approximate surface area is 280 Å². The Morgan fingerprint density at radius 2 is 1.61 bits per heavy atom. The zero-order chi connectivity index (χ0) is 33.4. The van der Waals surface area contributed by atoms with Gasteiger partial charge in [0, 0.05) is 29.3 Å². The molecular formula is C36H41Cl2FN2O5. The Kier molecular flexibility index (Phi) is 9.88. The van der Waals surface area contributed by atoms with E-state index in [2.05, 4.69) is 0 Å². The van der Waals surface area contributed by atoms with Crippen molar-refractivity contribution in [2.24, 2.45) is 5.92 Å². The fourth-order valence-corrected chi connectivity index (χ4v) is 7.16. The van der Waals surface area contributed by atoms with Gasteiger partial charge in [-0.05, 0) is 107 Å². The average Bonchev–Trinajstić information content (AvgIpc) is 3.25. The molecular weight excluding hydrogens is 630 g/mol. The first-order chi connectivity index (χ1) is 21.7. The topological polar surface area (TPSA) is 79.3 Å². The molecule has 1 unspecified atom stereocenters. The van der Waals surface area contributed by atoms with E-state index in [4.69, 9.17) is 32.7 Å². The highest BCUT2D eigenvalue weighted by Gasteiger charge is 2.54. The van der Waals surface area contributed by atoms with Gasteiger partial charge < -0.3 is 14.6 Å². The van der Waals surface area contributed by atoms with Gasteiger partial charge in [-0.2, -0.15) is 0 Å². The summed E-state index contributed by atoms with van der Waals surface area (Å²) >= 11 is 12.3. The molecule has 5 rings (SSSR count). The van der Waals surface area contributed by atoms with Crippen LogP contribution in [0.5, 0.6) is 0 Å². The number of carbonyl (C=O) groups excluding carboxylic acids is 2. The van der Waals surface area contributed by atoms with Crippen molar-refractivity contribution in [2.75, 3.05) is 26.7 Å². The van der Waals surface area contributed by atoms with Gasteiger partial charge in [-0.25, -0.2) is 4.39 Å². The molecule has 2 aliphatic rings. The second-order valence-electron chi connectivity index (χ2n) is 13.2. The lowest BCUT2D eigenvalue weighted by molar-refractivity contribution is -0.156. The molecule has 2 aliphatic heterocycles. The number of halogens is 3. The lowest BCUT2D eigenvalue weighted by Crippen LogP contribution is -2.46. The molecule has 0 aliphatic carbocycles. The molecule has 1 saturated heterocycles. The molecule has 1 N–H and O–H groups in total. The van der Waals surface area contributed by atoms with Crippen molar-refractivity contribution in [3.8, 4) is 0 Å². The summed E-state index contributed by atoms with van der Waals surface area (Å²) in [6, 6.07) is 16.9. The van der Waals surface area contributed by atoms with Crippen molar-refractivity contribution in [1.82, 2.24) is 9.80 Å². The van der Waals surface area contributed by atoms with Crippen LogP contribution in [0.15, 0.2) is 60.7 Å². The van der Waals surface area contributed by atoms with Gasteiger partial charge in [0.25, 0.3) is 5.91 Å². The lowest BCUT2D eigenvalue weighted by Gasteiger charge is -2.42. The largest absolute Gasteiger partial charge is 0.459 e. The van der Waals surface area contributed by atoms with Crippen LogP contribution in [0.2, 0.25) is 10.0 Å². The van der Waals surface area contributed by atoms with E-state index in [0.717, 1.165) is 5.56 Å². The minimum Gasteiger partial charge on any atom is -0.459 e. The maximum absolute atomic E-state index is 16.6. The van der Waals surface area contributed by atoms with Crippen LogP contribution in [-0.2, 0) is 32.1 Å². The maximum Gasteiger partial charge on any atom is 0.320 e. The molecule has 0 radical (unpaired) electrons. The summed E-state index contributed by atoms with van der Waals surface area (Å²) in [5, 5.41) is 13.2. The minimum absolute atomic E-state index is 0.0886. The maximum atomic E-state index is 16.6. The summed E-state index contributed by atoms with van der Waals surface area (Å²) in [5.74, 6) is -1.57. The number of rotatable bonds is 9. The van der Waals surface area contributed by atoms with Crippen molar-refractivity contribution >= 4 is 35.1 Å². The van der Waals surface area contributed by atoms with Crippen molar-refractivity contribution < 1.29 is 28.6 Å². The van der Waals surface area contributed by atoms with Crippen LogP contribution in [0.3, 0.4) is 0 Å². The molecule has 0 aromatic heterocycles. The number of amides is 1. The number of methoxy groups -OCH3 is 1. The summed E-state index contributed by atoms with van der Waals surface area (Å²) < 4.78 is 28.3. The first kappa shape index (κ1) is 34.3. The number of nitrogens with zero attached hydrogens (tertiary/aromatic N) is 2. The van der Waals surface area contributed by atoms with Crippen LogP contribution in [0, 0.1) is 11.7 Å². The third-order valence-electron chi connectivity index (χ3n) is 9.14. The molecule has 0 spiro atoms. The van der Waals surface area contributed by atoms with Gasteiger partial charge >= 0.3 is 5.97 Å². The first-order valence-corrected chi connectivity index (χ1v) is 16.4. The number of hydrogen-bond donors (Lipinski definition) is 1. The van der Waals surface area contributed by atoms with Crippen molar-refractivity contribution in [3.05, 3.63) is 104 Å². The van der Waals surface area contributed by atoms with E-state index in [1.807, 2.05) is 44.7 Å². The number of aliphatic hydroxyl groups is 1. The second kappa shape index (κ2) is 13.2. The Balaban J connectivity index is 1.50. The molecule has 1 fully saturated rings. The molecule has 246 valence electrons. The van der Waals surface area contributed by atoms with E-state index in [9.17, 15) is 14.7 Å². The summed E-state index contributed by atoms with van der Waals surface area (Å²) in [5.41, 5.74) is -1.66. The Hall–Kier alpha value is -3.01. The Morgan fingerprint density at radius 3 is 2.15 bits per heavy atom. The first-order valence-electron chi connectivity index (χ1n) is 15.6. The van der Waals surface area contributed by atoms with Gasteiger partial charge in [0.05, 0.1) is 23.3 Å². The van der Waals surface area contributed by atoms with Crippen molar-refractivity contribution in [3.63, 3.8) is 0 Å². The van der Waals surface area contributed by atoms with Crippen molar-refractivity contribution in [1.29, 1.82) is 0 Å². The molecule has 2 heterocycles. The number of hydrogen-bond acceptors (Lipinski definition) is 6. The standard InChI is InChI=1S/C36H41Cl2FN2O5/c1-6-35(44,24-15-17-40(18-16-24)22-31(42)46-34(2,3)4)26-19-29-32(30(39)20-26)36(45-5,25-9-13-28(38)14-10-25)41(33(29)43)21-23-7-11-27(37)12-8-23/h7-14,19-20,24,44H,6,15-18,21-22H2,1-5H3/t35?,36-/m1/s1. The number of fused-ring (bicyclic) bond motifs is 1. The van der Waals surface area contributed by atoms with E-state index in [0.29, 0.717) is 53.5 Å². The Bertz CT molecular complexity index is 1590. The molecule has 7 nitrogen and oxygen atoms in total. The fraction of sp³-hybridized carbons (Fsp3) is 0.444. The minimum atomic E-state index is -1.59. The number of benzene rings is 3. The van der Waals surface area contributed by atoms with Crippen LogP contribution >= 0.6 is 23.2 Å². The highest BCUT2D eigenvalue weighted by Crippen LogP contribution is 2.49. The van der Waals surface area contributed by atoms with E-state index in [1.54, 1.807) is 42.5 Å². The molecule has 46 heavy (non-hydrogen) atoms. The van der Waals surface area contributed by atoms with Gasteiger partial charge in [-0.1, -0.05) is 54.4 Å². The highest BCUT2D eigenvalue weighted by atomic mass is 35.5. The zero-order valence-electron chi connectivity index (χ0n) is 26.9. The van der Waals surface area contributed by atoms with Crippen LogP contribution in [-0.4, -0.2) is 59.1 Å². The smallest absolute Gasteiger partial charge is 0.320 e. The van der Waals surface area contributed by atoms with Crippen molar-refractivity contribution in [2.45, 2.75) is 70.4 Å². The monoisotopic (exact) mass is 670 g/mol. The van der Waals surface area contributed by atoms with Gasteiger partial charge in [-0.3, -0.25) is 19.4 Å². The normalized spacial score (nSPS) is 20.5. The number of esters is 1. The quantitative estimate of drug-likeness (QED) is 0.241. The summed E-state index contributed by atoms with van der Waals surface area (Å²) in [4.78, 5) is 30.2. The molecule has 0 bridgehead atoms. The molecule has 1 amide bonds. The predicted octanol–water partition coefficient (Wildman–Crippen LogP) is 7.29. The predicted molar refractivity (Wildman–Crippen MR) is 176 cm³/mol. The molecule has 10 heteroatoms. The number of ether oxygens (including phenoxy) is 2. The van der Waals surface area contributed by atoms with Gasteiger partial charge in [0.2, 0.25) is 0 Å². The summed E-state index contributed by atoms with van der Waals surface area (Å²) in [7, 11) is 1.45. The SMILES string of the molecule is CCC(O)(c1cc(F)c2c(c1)C(=O)N(Cc1ccc(Cl)cc1)[C@@]2(OC)c1ccc(Cl)cc1)C1CCN(CC(=O)OC(C)(C)C)CC1. The van der Waals surface area contributed by atoms with Crippen LogP contribution in [0.1, 0.15) is 79.6 Å². The highest BCUT2D eigenvalue weighted by molar-refractivity contribution is 6.30. The number of piperidine rings is 1. The third-order valence-corrected chi connectivity index (χ3v) is 9.65. The van der Waals surface area contributed by atoms with Crippen LogP contribution in [0.25, 0.3) is 0 Å². The van der Waals surface area contributed by atoms with E-state index < -0.39 is 28.7 Å². The van der Waals surface area contributed by atoms with E-state index in [-0.39, 0.29) is 36.1 Å². The Morgan fingerprint density at radius 1 is 1.02 bits per heavy atom. The molecule has 2 atom stereocenters. The summed E-state index contributed by atoms with van der Waals surface area (Å²) in [6.45, 7) is 8.81. The average molecular weight is 672 g/mol. The fourth-order valence-electron chi connectivity index (χ4n) is 6.91. The molecule has 0 saturated carbocycles.